The number of nitrogens with zero attached hydrogens (tertiary/aromatic N) is 2. The predicted octanol–water partition coefficient (Wildman–Crippen LogP) is 2.02. The van der Waals surface area contributed by atoms with Crippen LogP contribution in [0.2, 0.25) is 0 Å². The van der Waals surface area contributed by atoms with Gasteiger partial charge in [-0.3, -0.25) is 9.59 Å². The second-order valence-electron chi connectivity index (χ2n) is 7.35. The Morgan fingerprint density at radius 3 is 2.35 bits per heavy atom. The Kier molecular flexibility index (Phi) is 7.34. The first-order valence-electron chi connectivity index (χ1n) is 9.27. The van der Waals surface area contributed by atoms with E-state index in [2.05, 4.69) is 17.3 Å². The van der Waals surface area contributed by atoms with Gasteiger partial charge in [0.05, 0.1) is 0 Å². The number of likely N-dealkylation sites (tertiary alicyclic amines) is 1. The average molecular weight is 323 g/mol. The van der Waals surface area contributed by atoms with Crippen LogP contribution in [0.1, 0.15) is 57.8 Å². The molecule has 0 unspecified atom stereocenters. The molecule has 0 spiro atoms. The highest BCUT2D eigenvalue weighted by molar-refractivity contribution is 5.83. The molecular weight excluding hydrogens is 290 g/mol. The van der Waals surface area contributed by atoms with Crippen LogP contribution < -0.4 is 5.32 Å². The summed E-state index contributed by atoms with van der Waals surface area (Å²) in [6.07, 6.45) is 8.93. The van der Waals surface area contributed by atoms with E-state index >= 15 is 0 Å². The number of hydrogen-bond acceptors (Lipinski definition) is 3. The van der Waals surface area contributed by atoms with Crippen LogP contribution in [-0.4, -0.2) is 61.4 Å². The van der Waals surface area contributed by atoms with Crippen molar-refractivity contribution in [2.75, 3.05) is 33.7 Å². The molecule has 2 fully saturated rings. The highest BCUT2D eigenvalue weighted by Crippen LogP contribution is 2.22. The molecule has 0 aromatic carbocycles. The molecule has 0 radical (unpaired) electrons. The van der Waals surface area contributed by atoms with Crippen molar-refractivity contribution in [2.45, 2.75) is 63.8 Å². The van der Waals surface area contributed by atoms with Crippen molar-refractivity contribution in [3.8, 4) is 0 Å². The van der Waals surface area contributed by atoms with Crippen molar-refractivity contribution in [3.05, 3.63) is 0 Å². The molecule has 2 rings (SSSR count). The fourth-order valence-corrected chi connectivity index (χ4v) is 3.68. The first-order valence-corrected chi connectivity index (χ1v) is 9.27. The highest BCUT2D eigenvalue weighted by Gasteiger charge is 2.22. The second-order valence-corrected chi connectivity index (χ2v) is 7.35. The first-order chi connectivity index (χ1) is 11.1. The van der Waals surface area contributed by atoms with Gasteiger partial charge in [0.2, 0.25) is 11.8 Å². The minimum Gasteiger partial charge on any atom is -0.356 e. The predicted molar refractivity (Wildman–Crippen MR) is 92.1 cm³/mol. The zero-order valence-corrected chi connectivity index (χ0v) is 14.9. The topological polar surface area (TPSA) is 52.7 Å². The molecule has 0 atom stereocenters. The molecule has 0 bridgehead atoms. The molecule has 0 aromatic rings. The van der Waals surface area contributed by atoms with Crippen molar-refractivity contribution in [2.24, 2.45) is 5.92 Å². The lowest BCUT2D eigenvalue weighted by atomic mass is 9.94. The van der Waals surface area contributed by atoms with Gasteiger partial charge in [0, 0.05) is 32.5 Å². The van der Waals surface area contributed by atoms with E-state index in [1.807, 2.05) is 11.9 Å². The molecule has 1 saturated carbocycles. The molecule has 23 heavy (non-hydrogen) atoms. The van der Waals surface area contributed by atoms with E-state index in [4.69, 9.17) is 0 Å². The quantitative estimate of drug-likeness (QED) is 0.813. The Labute approximate surface area is 140 Å². The normalized spacial score (nSPS) is 21.1. The zero-order valence-electron chi connectivity index (χ0n) is 14.9. The molecular formula is C18H33N3O2. The van der Waals surface area contributed by atoms with Crippen molar-refractivity contribution >= 4 is 11.8 Å². The maximum Gasteiger partial charge on any atom is 0.223 e. The molecule has 1 heterocycles. The molecule has 1 N–H and O–H groups in total. The van der Waals surface area contributed by atoms with E-state index in [1.54, 1.807) is 0 Å². The van der Waals surface area contributed by atoms with Crippen molar-refractivity contribution in [1.82, 2.24) is 15.1 Å². The maximum absolute atomic E-state index is 12.2. The summed E-state index contributed by atoms with van der Waals surface area (Å²) in [5.41, 5.74) is 0. The number of hydrogen-bond donors (Lipinski definition) is 1. The summed E-state index contributed by atoms with van der Waals surface area (Å²) in [6, 6.07) is 0.388. The Bertz CT molecular complexity index is 386. The Balaban J connectivity index is 1.60. The largest absolute Gasteiger partial charge is 0.356 e. The number of carbonyl (C=O) groups excluding carboxylic acids is 2. The van der Waals surface area contributed by atoms with Gasteiger partial charge < -0.3 is 15.1 Å². The molecule has 132 valence electrons. The van der Waals surface area contributed by atoms with Gasteiger partial charge in [-0.1, -0.05) is 19.3 Å². The lowest BCUT2D eigenvalue weighted by Gasteiger charge is -2.31. The minimum absolute atomic E-state index is 0.0225. The third-order valence-electron chi connectivity index (χ3n) is 5.51. The molecule has 5 nitrogen and oxygen atoms in total. The fraction of sp³-hybridized carbons (Fsp3) is 0.889. The summed E-state index contributed by atoms with van der Waals surface area (Å²) in [5, 5.41) is 3.01. The van der Waals surface area contributed by atoms with Crippen LogP contribution in [0.3, 0.4) is 0 Å². The number of carbonyl (C=O) groups is 2. The summed E-state index contributed by atoms with van der Waals surface area (Å²) < 4.78 is 0. The van der Waals surface area contributed by atoms with E-state index in [-0.39, 0.29) is 11.8 Å². The number of nitrogens with one attached hydrogen (secondary N) is 1. The van der Waals surface area contributed by atoms with Gasteiger partial charge in [-0.2, -0.15) is 0 Å². The van der Waals surface area contributed by atoms with E-state index < -0.39 is 0 Å². The van der Waals surface area contributed by atoms with Crippen LogP contribution in [0.4, 0.5) is 0 Å². The lowest BCUT2D eigenvalue weighted by molar-refractivity contribution is -0.134. The van der Waals surface area contributed by atoms with Gasteiger partial charge in [-0.05, 0) is 51.7 Å². The lowest BCUT2D eigenvalue weighted by Crippen LogP contribution is -2.39. The number of rotatable bonds is 6. The van der Waals surface area contributed by atoms with Crippen LogP contribution in [-0.2, 0) is 9.59 Å². The number of piperidine rings is 1. The summed E-state index contributed by atoms with van der Waals surface area (Å²) in [7, 11) is 4.04. The Morgan fingerprint density at radius 2 is 1.70 bits per heavy atom. The third-order valence-corrected chi connectivity index (χ3v) is 5.51. The van der Waals surface area contributed by atoms with Crippen molar-refractivity contribution < 1.29 is 9.59 Å². The maximum atomic E-state index is 12.2. The van der Waals surface area contributed by atoms with Crippen LogP contribution in [0.15, 0.2) is 0 Å². The molecule has 2 amide bonds. The Hall–Kier alpha value is -1.10. The van der Waals surface area contributed by atoms with Gasteiger partial charge in [0.25, 0.3) is 0 Å². The van der Waals surface area contributed by atoms with Gasteiger partial charge >= 0.3 is 0 Å². The SMILES string of the molecule is CN1CCC(CNC(=O)CCC(=O)N(C)C2CCCCC2)CC1. The summed E-state index contributed by atoms with van der Waals surface area (Å²) in [5.74, 6) is 0.733. The van der Waals surface area contributed by atoms with E-state index in [9.17, 15) is 9.59 Å². The minimum atomic E-state index is 0.0225. The van der Waals surface area contributed by atoms with Crippen LogP contribution in [0.25, 0.3) is 0 Å². The van der Waals surface area contributed by atoms with Gasteiger partial charge in [-0.25, -0.2) is 0 Å². The van der Waals surface area contributed by atoms with Crippen molar-refractivity contribution in [3.63, 3.8) is 0 Å². The fourth-order valence-electron chi connectivity index (χ4n) is 3.68. The first kappa shape index (κ1) is 18.2. The van der Waals surface area contributed by atoms with E-state index in [0.717, 1.165) is 45.3 Å². The van der Waals surface area contributed by atoms with Crippen LogP contribution in [0.5, 0.6) is 0 Å². The highest BCUT2D eigenvalue weighted by atomic mass is 16.2. The summed E-state index contributed by atoms with van der Waals surface area (Å²) in [6.45, 7) is 3.00. The molecule has 2 aliphatic rings. The smallest absolute Gasteiger partial charge is 0.223 e. The summed E-state index contributed by atoms with van der Waals surface area (Å²) in [4.78, 5) is 28.4. The monoisotopic (exact) mass is 323 g/mol. The molecule has 5 heteroatoms. The van der Waals surface area contributed by atoms with Crippen LogP contribution >= 0.6 is 0 Å². The van der Waals surface area contributed by atoms with Gasteiger partial charge in [0.15, 0.2) is 0 Å². The second kappa shape index (κ2) is 9.26. The number of amides is 2. The van der Waals surface area contributed by atoms with Crippen molar-refractivity contribution in [1.29, 1.82) is 0 Å². The van der Waals surface area contributed by atoms with Gasteiger partial charge in [0.1, 0.15) is 0 Å². The van der Waals surface area contributed by atoms with E-state index in [0.29, 0.717) is 24.8 Å². The Morgan fingerprint density at radius 1 is 1.04 bits per heavy atom. The summed E-state index contributed by atoms with van der Waals surface area (Å²) >= 11 is 0. The van der Waals surface area contributed by atoms with Gasteiger partial charge in [-0.15, -0.1) is 0 Å². The molecule has 1 aliphatic heterocycles. The van der Waals surface area contributed by atoms with E-state index in [1.165, 1.54) is 19.3 Å². The third kappa shape index (κ3) is 6.13. The molecule has 0 aromatic heterocycles. The zero-order chi connectivity index (χ0) is 16.7. The average Bonchev–Trinajstić information content (AvgIpc) is 2.59. The standard InChI is InChI=1S/C18H33N3O2/c1-20-12-10-15(11-13-20)14-19-17(22)8-9-18(23)21(2)16-6-4-3-5-7-16/h15-16H,3-14H2,1-2H3,(H,19,22). The molecule has 1 saturated heterocycles. The van der Waals surface area contributed by atoms with Crippen LogP contribution in [0, 0.1) is 5.92 Å². The molecule has 1 aliphatic carbocycles.